The summed E-state index contributed by atoms with van der Waals surface area (Å²) in [6.07, 6.45) is 0.818. The molecule has 3 rings (SSSR count). The topological polar surface area (TPSA) is 43.9 Å². The summed E-state index contributed by atoms with van der Waals surface area (Å²) < 4.78 is 14.3. The second kappa shape index (κ2) is 6.89. The Labute approximate surface area is 142 Å². The van der Waals surface area contributed by atoms with E-state index in [0.29, 0.717) is 31.5 Å². The van der Waals surface area contributed by atoms with Gasteiger partial charge in [-0.1, -0.05) is 18.2 Å². The molecule has 2 amide bonds. The second-order valence-corrected chi connectivity index (χ2v) is 6.74. The number of likely N-dealkylation sites (tertiary alicyclic amines) is 1. The molecule has 0 saturated carbocycles. The van der Waals surface area contributed by atoms with Gasteiger partial charge in [0.1, 0.15) is 5.82 Å². The third kappa shape index (κ3) is 3.15. The minimum Gasteiger partial charge on any atom is -0.340 e. The number of hydrogen-bond donors (Lipinski definition) is 0. The van der Waals surface area contributed by atoms with E-state index in [2.05, 4.69) is 4.90 Å². The van der Waals surface area contributed by atoms with Gasteiger partial charge in [0.15, 0.2) is 0 Å². The smallest absolute Gasteiger partial charge is 0.228 e. The van der Waals surface area contributed by atoms with Crippen molar-refractivity contribution in [1.82, 2.24) is 14.7 Å². The van der Waals surface area contributed by atoms with Crippen LogP contribution in [0.15, 0.2) is 24.3 Å². The molecule has 0 bridgehead atoms. The lowest BCUT2D eigenvalue weighted by Gasteiger charge is -2.42. The number of carbonyl (C=O) groups excluding carboxylic acids is 2. The number of nitrogens with zero attached hydrogens (tertiary/aromatic N) is 3. The Balaban J connectivity index is 1.88. The average Bonchev–Trinajstić information content (AvgIpc) is 2.58. The zero-order valence-corrected chi connectivity index (χ0v) is 14.2. The highest BCUT2D eigenvalue weighted by molar-refractivity contribution is 5.85. The van der Waals surface area contributed by atoms with Crippen LogP contribution in [0, 0.1) is 11.7 Å². The Hall–Kier alpha value is -1.95. The van der Waals surface area contributed by atoms with Gasteiger partial charge in [-0.3, -0.25) is 9.59 Å². The van der Waals surface area contributed by atoms with Crippen molar-refractivity contribution in [1.29, 1.82) is 0 Å². The standard InChI is InChI=1S/C18H24FN3O2/c1-20-9-11-22(12-10-20)18(24)14-7-8-16(23)21(2)17(14)13-5-3-4-6-15(13)19/h3-6,14,17H,7-12H2,1-2H3/t14-,17-/m1/s1. The summed E-state index contributed by atoms with van der Waals surface area (Å²) in [6.45, 7) is 3.07. The number of benzene rings is 1. The Kier molecular flexibility index (Phi) is 4.85. The zero-order valence-electron chi connectivity index (χ0n) is 14.2. The first kappa shape index (κ1) is 16.9. The van der Waals surface area contributed by atoms with E-state index in [0.717, 1.165) is 13.1 Å². The number of piperazine rings is 1. The third-order valence-corrected chi connectivity index (χ3v) is 5.22. The lowest BCUT2D eigenvalue weighted by atomic mass is 9.83. The van der Waals surface area contributed by atoms with Gasteiger partial charge in [0.25, 0.3) is 0 Å². The van der Waals surface area contributed by atoms with Crippen molar-refractivity contribution in [3.05, 3.63) is 35.6 Å². The summed E-state index contributed by atoms with van der Waals surface area (Å²) in [6, 6.07) is 5.92. The molecule has 24 heavy (non-hydrogen) atoms. The summed E-state index contributed by atoms with van der Waals surface area (Å²) in [7, 11) is 3.71. The van der Waals surface area contributed by atoms with Crippen LogP contribution < -0.4 is 0 Å². The van der Waals surface area contributed by atoms with E-state index in [9.17, 15) is 14.0 Å². The highest BCUT2D eigenvalue weighted by atomic mass is 19.1. The predicted octanol–water partition coefficient (Wildman–Crippen LogP) is 1.51. The number of likely N-dealkylation sites (N-methyl/N-ethyl adjacent to an activating group) is 1. The van der Waals surface area contributed by atoms with Crippen LogP contribution in [0.4, 0.5) is 4.39 Å². The first-order valence-corrected chi connectivity index (χ1v) is 8.46. The Bertz CT molecular complexity index is 628. The Morgan fingerprint density at radius 3 is 2.46 bits per heavy atom. The Morgan fingerprint density at radius 2 is 1.79 bits per heavy atom. The van der Waals surface area contributed by atoms with Gasteiger partial charge in [-0.05, 0) is 19.5 Å². The quantitative estimate of drug-likeness (QED) is 0.824. The van der Waals surface area contributed by atoms with E-state index in [1.54, 1.807) is 30.1 Å². The molecule has 0 N–H and O–H groups in total. The van der Waals surface area contributed by atoms with E-state index < -0.39 is 6.04 Å². The highest BCUT2D eigenvalue weighted by Gasteiger charge is 2.41. The third-order valence-electron chi connectivity index (χ3n) is 5.22. The molecule has 2 fully saturated rings. The highest BCUT2D eigenvalue weighted by Crippen LogP contribution is 2.38. The van der Waals surface area contributed by atoms with Gasteiger partial charge >= 0.3 is 0 Å². The number of rotatable bonds is 2. The zero-order chi connectivity index (χ0) is 17.3. The van der Waals surface area contributed by atoms with E-state index in [1.165, 1.54) is 6.07 Å². The van der Waals surface area contributed by atoms with Crippen molar-refractivity contribution in [2.24, 2.45) is 5.92 Å². The van der Waals surface area contributed by atoms with Crippen LogP contribution in [-0.2, 0) is 9.59 Å². The molecule has 0 unspecified atom stereocenters. The van der Waals surface area contributed by atoms with Gasteiger partial charge in [0.2, 0.25) is 11.8 Å². The molecule has 0 aromatic heterocycles. The maximum absolute atomic E-state index is 14.3. The molecule has 1 aromatic rings. The molecular formula is C18H24FN3O2. The molecule has 2 aliphatic rings. The number of halogens is 1. The molecule has 0 spiro atoms. The monoisotopic (exact) mass is 333 g/mol. The molecule has 2 atom stereocenters. The maximum atomic E-state index is 14.3. The van der Waals surface area contributed by atoms with Crippen LogP contribution in [0.2, 0.25) is 0 Å². The van der Waals surface area contributed by atoms with Crippen molar-refractivity contribution >= 4 is 11.8 Å². The van der Waals surface area contributed by atoms with Crippen molar-refractivity contribution < 1.29 is 14.0 Å². The van der Waals surface area contributed by atoms with Crippen LogP contribution in [0.3, 0.4) is 0 Å². The number of piperidine rings is 1. The van der Waals surface area contributed by atoms with E-state index in [4.69, 9.17) is 0 Å². The van der Waals surface area contributed by atoms with Crippen LogP contribution in [-0.4, -0.2) is 66.8 Å². The van der Waals surface area contributed by atoms with Gasteiger partial charge in [0, 0.05) is 45.2 Å². The molecule has 0 radical (unpaired) electrons. The van der Waals surface area contributed by atoms with E-state index in [-0.39, 0.29) is 23.5 Å². The first-order chi connectivity index (χ1) is 11.5. The van der Waals surface area contributed by atoms with Gasteiger partial charge in [-0.25, -0.2) is 4.39 Å². The van der Waals surface area contributed by atoms with Crippen LogP contribution >= 0.6 is 0 Å². The summed E-state index contributed by atoms with van der Waals surface area (Å²) >= 11 is 0. The minimum atomic E-state index is -0.528. The van der Waals surface area contributed by atoms with E-state index >= 15 is 0 Å². The SMILES string of the molecule is CN1CCN(C(=O)[C@@H]2CCC(=O)N(C)[C@@H]2c2ccccc2F)CC1. The molecule has 2 heterocycles. The largest absolute Gasteiger partial charge is 0.340 e. The number of carbonyl (C=O) groups is 2. The van der Waals surface area contributed by atoms with Crippen molar-refractivity contribution in [3.8, 4) is 0 Å². The molecule has 130 valence electrons. The molecule has 5 nitrogen and oxygen atoms in total. The lowest BCUT2D eigenvalue weighted by molar-refractivity contribution is -0.147. The minimum absolute atomic E-state index is 0.0364. The van der Waals surface area contributed by atoms with Crippen molar-refractivity contribution in [2.75, 3.05) is 40.3 Å². The molecule has 2 aliphatic heterocycles. The first-order valence-electron chi connectivity index (χ1n) is 8.46. The summed E-state index contributed by atoms with van der Waals surface area (Å²) in [5.74, 6) is -0.741. The molecule has 2 saturated heterocycles. The fourth-order valence-corrected chi connectivity index (χ4v) is 3.70. The molecular weight excluding hydrogens is 309 g/mol. The normalized spacial score (nSPS) is 25.9. The average molecular weight is 333 g/mol. The Morgan fingerprint density at radius 1 is 1.12 bits per heavy atom. The summed E-state index contributed by atoms with van der Waals surface area (Å²) in [5, 5.41) is 0. The molecule has 1 aromatic carbocycles. The van der Waals surface area contributed by atoms with Gasteiger partial charge in [-0.15, -0.1) is 0 Å². The number of amides is 2. The van der Waals surface area contributed by atoms with Crippen molar-refractivity contribution in [2.45, 2.75) is 18.9 Å². The lowest BCUT2D eigenvalue weighted by Crippen LogP contribution is -2.52. The van der Waals surface area contributed by atoms with Crippen LogP contribution in [0.1, 0.15) is 24.4 Å². The van der Waals surface area contributed by atoms with Crippen molar-refractivity contribution in [3.63, 3.8) is 0 Å². The molecule has 6 heteroatoms. The number of hydrogen-bond acceptors (Lipinski definition) is 3. The van der Waals surface area contributed by atoms with E-state index in [1.807, 2.05) is 11.9 Å². The van der Waals surface area contributed by atoms with Gasteiger partial charge in [0.05, 0.1) is 12.0 Å². The fourth-order valence-electron chi connectivity index (χ4n) is 3.70. The molecule has 0 aliphatic carbocycles. The fraction of sp³-hybridized carbons (Fsp3) is 0.556. The van der Waals surface area contributed by atoms with Gasteiger partial charge < -0.3 is 14.7 Å². The predicted molar refractivity (Wildman–Crippen MR) is 88.7 cm³/mol. The summed E-state index contributed by atoms with van der Waals surface area (Å²) in [5.41, 5.74) is 0.431. The van der Waals surface area contributed by atoms with Gasteiger partial charge in [-0.2, -0.15) is 0 Å². The maximum Gasteiger partial charge on any atom is 0.228 e. The van der Waals surface area contributed by atoms with Crippen LogP contribution in [0.25, 0.3) is 0 Å². The second-order valence-electron chi connectivity index (χ2n) is 6.74. The summed E-state index contributed by atoms with van der Waals surface area (Å²) in [4.78, 5) is 30.8. The van der Waals surface area contributed by atoms with Crippen LogP contribution in [0.5, 0.6) is 0 Å².